The minimum atomic E-state index is -0.498. The van der Waals surface area contributed by atoms with Crippen LogP contribution in [0, 0.1) is 6.92 Å². The number of nitrogens with zero attached hydrogens (tertiary/aromatic N) is 2. The first kappa shape index (κ1) is 20.3. The van der Waals surface area contributed by atoms with Gasteiger partial charge in [-0.05, 0) is 42.8 Å². The van der Waals surface area contributed by atoms with E-state index in [4.69, 9.17) is 16.3 Å². The fraction of sp³-hybridized carbons (Fsp3) is 0.200. The van der Waals surface area contributed by atoms with E-state index in [2.05, 4.69) is 15.6 Å². The number of nitrogens with one attached hydrogen (secondary N) is 2. The van der Waals surface area contributed by atoms with E-state index in [0.717, 1.165) is 10.1 Å². The van der Waals surface area contributed by atoms with Crippen molar-refractivity contribution >= 4 is 40.0 Å². The van der Waals surface area contributed by atoms with E-state index in [0.29, 0.717) is 27.4 Å². The maximum absolute atomic E-state index is 12.5. The number of aromatic nitrogens is 2. The summed E-state index contributed by atoms with van der Waals surface area (Å²) in [6, 6.07) is 10.1. The van der Waals surface area contributed by atoms with Gasteiger partial charge in [0.1, 0.15) is 12.3 Å². The van der Waals surface area contributed by atoms with Crippen molar-refractivity contribution in [1.29, 1.82) is 0 Å². The topological polar surface area (TPSA) is 102 Å². The first-order chi connectivity index (χ1) is 13.9. The lowest BCUT2D eigenvalue weighted by atomic mass is 10.2. The summed E-state index contributed by atoms with van der Waals surface area (Å²) in [5.74, 6) is -0.401. The van der Waals surface area contributed by atoms with Crippen molar-refractivity contribution in [3.05, 3.63) is 63.7 Å². The van der Waals surface area contributed by atoms with E-state index in [1.807, 2.05) is 13.0 Å². The maximum Gasteiger partial charge on any atom is 0.261 e. The van der Waals surface area contributed by atoms with E-state index in [1.165, 1.54) is 19.5 Å². The van der Waals surface area contributed by atoms with Gasteiger partial charge in [0.15, 0.2) is 0 Å². The van der Waals surface area contributed by atoms with Crippen molar-refractivity contribution in [1.82, 2.24) is 14.9 Å². The fourth-order valence-electron chi connectivity index (χ4n) is 2.75. The van der Waals surface area contributed by atoms with Crippen LogP contribution in [0.3, 0.4) is 0 Å². The summed E-state index contributed by atoms with van der Waals surface area (Å²) >= 11 is 5.92. The molecule has 0 bridgehead atoms. The minimum Gasteiger partial charge on any atom is -0.495 e. The summed E-state index contributed by atoms with van der Waals surface area (Å²) in [5.41, 5.74) is 1.57. The molecule has 0 saturated heterocycles. The van der Waals surface area contributed by atoms with Gasteiger partial charge in [-0.15, -0.1) is 0 Å². The van der Waals surface area contributed by atoms with Crippen LogP contribution in [0.15, 0.2) is 47.5 Å². The molecule has 2 amide bonds. The zero-order valence-electron chi connectivity index (χ0n) is 15.9. The van der Waals surface area contributed by atoms with Gasteiger partial charge in [-0.25, -0.2) is 4.98 Å². The number of ether oxygens (including phenoxy) is 1. The molecule has 8 nitrogen and oxygen atoms in total. The Balaban J connectivity index is 1.62. The van der Waals surface area contributed by atoms with Crippen molar-refractivity contribution in [2.45, 2.75) is 13.5 Å². The van der Waals surface area contributed by atoms with Crippen LogP contribution >= 0.6 is 11.6 Å². The van der Waals surface area contributed by atoms with Crippen LogP contribution < -0.4 is 20.9 Å². The Labute approximate surface area is 171 Å². The van der Waals surface area contributed by atoms with E-state index >= 15 is 0 Å². The molecular weight excluding hydrogens is 396 g/mol. The summed E-state index contributed by atoms with van der Waals surface area (Å²) in [5, 5.41) is 5.89. The van der Waals surface area contributed by atoms with Gasteiger partial charge in [0.25, 0.3) is 5.56 Å². The highest BCUT2D eigenvalue weighted by molar-refractivity contribution is 6.31. The largest absolute Gasteiger partial charge is 0.495 e. The monoisotopic (exact) mass is 414 g/mol. The smallest absolute Gasteiger partial charge is 0.261 e. The van der Waals surface area contributed by atoms with Crippen LogP contribution in [0.25, 0.3) is 10.9 Å². The van der Waals surface area contributed by atoms with Crippen LogP contribution in [0.5, 0.6) is 5.75 Å². The van der Waals surface area contributed by atoms with Crippen LogP contribution in [0.2, 0.25) is 5.02 Å². The molecule has 0 atom stereocenters. The average Bonchev–Trinajstić information content (AvgIpc) is 2.69. The highest BCUT2D eigenvalue weighted by Crippen LogP contribution is 2.24. The Hall–Kier alpha value is -3.39. The van der Waals surface area contributed by atoms with Crippen molar-refractivity contribution in [2.24, 2.45) is 0 Å². The quantitative estimate of drug-likeness (QED) is 0.643. The summed E-state index contributed by atoms with van der Waals surface area (Å²) in [6.45, 7) is 1.37. The second-order valence-electron chi connectivity index (χ2n) is 6.37. The molecule has 0 radical (unpaired) electrons. The van der Waals surface area contributed by atoms with Crippen molar-refractivity contribution < 1.29 is 14.3 Å². The summed E-state index contributed by atoms with van der Waals surface area (Å²) in [4.78, 5) is 41.0. The average molecular weight is 415 g/mol. The molecule has 9 heteroatoms. The standard InChI is InChI=1S/C20H19ClN4O4/c1-12-3-6-17(29-2)16(7-12)24-18(26)9-22-19(27)10-25-11-23-15-5-4-13(21)8-14(15)20(25)28/h3-8,11H,9-10H2,1-2H3,(H,22,27)(H,24,26). The van der Waals surface area contributed by atoms with E-state index in [1.54, 1.807) is 24.3 Å². The first-order valence-electron chi connectivity index (χ1n) is 8.73. The number of aryl methyl sites for hydroxylation is 1. The minimum absolute atomic E-state index is 0.252. The molecule has 3 aromatic rings. The number of amides is 2. The number of carbonyl (C=O) groups is 2. The van der Waals surface area contributed by atoms with Gasteiger partial charge in [-0.2, -0.15) is 0 Å². The van der Waals surface area contributed by atoms with E-state index < -0.39 is 11.8 Å². The second-order valence-corrected chi connectivity index (χ2v) is 6.80. The molecule has 29 heavy (non-hydrogen) atoms. The van der Waals surface area contributed by atoms with Gasteiger partial charge >= 0.3 is 0 Å². The Morgan fingerprint density at radius 3 is 2.72 bits per heavy atom. The Morgan fingerprint density at radius 2 is 1.97 bits per heavy atom. The Kier molecular flexibility index (Phi) is 6.13. The van der Waals surface area contributed by atoms with Gasteiger partial charge in [-0.3, -0.25) is 19.0 Å². The molecular formula is C20H19ClN4O4. The summed E-state index contributed by atoms with van der Waals surface area (Å²) in [6.07, 6.45) is 1.29. The van der Waals surface area contributed by atoms with Gasteiger partial charge in [0.05, 0.1) is 36.6 Å². The normalized spacial score (nSPS) is 10.6. The number of rotatable bonds is 6. The lowest BCUT2D eigenvalue weighted by molar-refractivity contribution is -0.124. The molecule has 0 spiro atoms. The lowest BCUT2D eigenvalue weighted by Gasteiger charge is -2.12. The van der Waals surface area contributed by atoms with Crippen LogP contribution in [-0.4, -0.2) is 35.0 Å². The number of carbonyl (C=O) groups excluding carboxylic acids is 2. The number of anilines is 1. The zero-order chi connectivity index (χ0) is 21.0. The summed E-state index contributed by atoms with van der Waals surface area (Å²) < 4.78 is 6.37. The predicted molar refractivity (Wildman–Crippen MR) is 110 cm³/mol. The third kappa shape index (κ3) is 4.91. The highest BCUT2D eigenvalue weighted by atomic mass is 35.5. The number of halogens is 1. The Morgan fingerprint density at radius 1 is 1.17 bits per heavy atom. The van der Waals surface area contributed by atoms with Crippen LogP contribution in [0.4, 0.5) is 5.69 Å². The molecule has 1 aromatic heterocycles. The Bertz CT molecular complexity index is 1140. The first-order valence-corrected chi connectivity index (χ1v) is 9.11. The number of benzene rings is 2. The number of hydrogen-bond donors (Lipinski definition) is 2. The molecule has 1 heterocycles. The molecule has 2 aromatic carbocycles. The fourth-order valence-corrected chi connectivity index (χ4v) is 2.92. The van der Waals surface area contributed by atoms with Gasteiger partial charge in [0.2, 0.25) is 11.8 Å². The number of methoxy groups -OCH3 is 1. The van der Waals surface area contributed by atoms with Crippen LogP contribution in [-0.2, 0) is 16.1 Å². The van der Waals surface area contributed by atoms with Gasteiger partial charge in [-0.1, -0.05) is 17.7 Å². The molecule has 0 aliphatic carbocycles. The van der Waals surface area contributed by atoms with Crippen LogP contribution in [0.1, 0.15) is 5.56 Å². The molecule has 0 aliphatic rings. The molecule has 3 rings (SSSR count). The number of hydrogen-bond acceptors (Lipinski definition) is 5. The molecule has 0 unspecified atom stereocenters. The van der Waals surface area contributed by atoms with E-state index in [-0.39, 0.29) is 18.6 Å². The third-order valence-corrected chi connectivity index (χ3v) is 4.41. The molecule has 0 aliphatic heterocycles. The second kappa shape index (κ2) is 8.74. The van der Waals surface area contributed by atoms with Crippen molar-refractivity contribution in [3.8, 4) is 5.75 Å². The predicted octanol–water partition coefficient (Wildman–Crippen LogP) is 2.12. The number of fused-ring (bicyclic) bond motifs is 1. The van der Waals surface area contributed by atoms with Gasteiger partial charge < -0.3 is 15.4 Å². The third-order valence-electron chi connectivity index (χ3n) is 4.18. The van der Waals surface area contributed by atoms with Gasteiger partial charge in [0, 0.05) is 5.02 Å². The molecule has 0 fully saturated rings. The summed E-state index contributed by atoms with van der Waals surface area (Å²) in [7, 11) is 1.50. The zero-order valence-corrected chi connectivity index (χ0v) is 16.6. The molecule has 2 N–H and O–H groups in total. The molecule has 0 saturated carbocycles. The lowest BCUT2D eigenvalue weighted by Crippen LogP contribution is -2.37. The van der Waals surface area contributed by atoms with Crippen molar-refractivity contribution in [2.75, 3.05) is 19.0 Å². The highest BCUT2D eigenvalue weighted by Gasteiger charge is 2.12. The SMILES string of the molecule is COc1ccc(C)cc1NC(=O)CNC(=O)Cn1cnc2ccc(Cl)cc2c1=O. The molecule has 150 valence electrons. The van der Waals surface area contributed by atoms with E-state index in [9.17, 15) is 14.4 Å². The maximum atomic E-state index is 12.5. The van der Waals surface area contributed by atoms with Crippen molar-refractivity contribution in [3.63, 3.8) is 0 Å².